The Labute approximate surface area is 84.5 Å². The molecular weight excluding hydrogens is 204 g/mol. The van der Waals surface area contributed by atoms with Gasteiger partial charge in [0.25, 0.3) is 0 Å². The third-order valence-corrected chi connectivity index (χ3v) is 4.64. The average molecular weight is 220 g/mol. The van der Waals surface area contributed by atoms with Gasteiger partial charge in [-0.05, 0) is 0 Å². The molecule has 0 aliphatic carbocycles. The predicted octanol–water partition coefficient (Wildman–Crippen LogP) is -0.0766. The molecule has 0 heterocycles. The van der Waals surface area contributed by atoms with Crippen molar-refractivity contribution in [1.29, 1.82) is 0 Å². The van der Waals surface area contributed by atoms with Crippen LogP contribution in [0.4, 0.5) is 0 Å². The second-order valence-electron chi connectivity index (χ2n) is 2.19. The molecule has 13 heavy (non-hydrogen) atoms. The van der Waals surface area contributed by atoms with Gasteiger partial charge in [0, 0.05) is 28.4 Å². The number of hydrogen-bond acceptors (Lipinski definition) is 4. The summed E-state index contributed by atoms with van der Waals surface area (Å²) in [5.74, 6) is -0.163. The minimum Gasteiger partial charge on any atom is -0.360 e. The highest BCUT2D eigenvalue weighted by atomic mass is 28.3. The van der Waals surface area contributed by atoms with Crippen LogP contribution in [0.3, 0.4) is 0 Å². The Morgan fingerprint density at radius 2 is 1.08 bits per heavy atom. The summed E-state index contributed by atoms with van der Waals surface area (Å²) in [6.45, 7) is 0. The summed E-state index contributed by atoms with van der Waals surface area (Å²) in [6.07, 6.45) is 0. The average Bonchev–Trinajstić information content (AvgIpc) is 2.19. The number of ether oxygens (including phenoxy) is 4. The number of rotatable bonds is 8. The SMILES string of the molecule is COC(OC)[Si]C[Si]C(OC)OC. The zero-order valence-corrected chi connectivity index (χ0v) is 10.5. The summed E-state index contributed by atoms with van der Waals surface area (Å²) < 4.78 is 20.2. The van der Waals surface area contributed by atoms with E-state index in [4.69, 9.17) is 18.9 Å². The molecule has 0 spiro atoms. The van der Waals surface area contributed by atoms with Gasteiger partial charge in [0.05, 0.1) is 0 Å². The fourth-order valence-corrected chi connectivity index (χ4v) is 3.22. The molecular formula is C7H16O4Si2. The molecule has 0 aliphatic rings. The highest BCUT2D eigenvalue weighted by Gasteiger charge is 2.10. The third-order valence-electron chi connectivity index (χ3n) is 1.39. The van der Waals surface area contributed by atoms with E-state index in [1.54, 1.807) is 28.4 Å². The minimum absolute atomic E-state index is 0.0816. The van der Waals surface area contributed by atoms with Crippen LogP contribution in [0.15, 0.2) is 0 Å². The minimum atomic E-state index is -0.0816. The Morgan fingerprint density at radius 3 is 1.31 bits per heavy atom. The lowest BCUT2D eigenvalue weighted by Crippen LogP contribution is -2.28. The van der Waals surface area contributed by atoms with E-state index in [0.29, 0.717) is 19.0 Å². The van der Waals surface area contributed by atoms with Gasteiger partial charge in [-0.15, -0.1) is 0 Å². The van der Waals surface area contributed by atoms with Gasteiger partial charge in [0.15, 0.2) is 0 Å². The third kappa shape index (κ3) is 6.36. The van der Waals surface area contributed by atoms with Gasteiger partial charge in [-0.2, -0.15) is 0 Å². The summed E-state index contributed by atoms with van der Waals surface area (Å²) in [5, 5.41) is 0. The molecule has 0 aromatic carbocycles. The fraction of sp³-hybridized carbons (Fsp3) is 1.00. The van der Waals surface area contributed by atoms with E-state index in [2.05, 4.69) is 0 Å². The summed E-state index contributed by atoms with van der Waals surface area (Å²) >= 11 is 0. The molecule has 4 radical (unpaired) electrons. The van der Waals surface area contributed by atoms with Crippen LogP contribution in [0.1, 0.15) is 0 Å². The highest BCUT2D eigenvalue weighted by Crippen LogP contribution is 1.95. The van der Waals surface area contributed by atoms with Crippen LogP contribution in [0.2, 0.25) is 5.67 Å². The molecule has 0 fully saturated rings. The number of methoxy groups -OCH3 is 4. The fourth-order valence-electron chi connectivity index (χ4n) is 0.751. The van der Waals surface area contributed by atoms with Crippen LogP contribution in [0.5, 0.6) is 0 Å². The molecule has 0 atom stereocenters. The zero-order chi connectivity index (χ0) is 10.1. The van der Waals surface area contributed by atoms with Gasteiger partial charge >= 0.3 is 0 Å². The molecule has 76 valence electrons. The first-order valence-corrected chi connectivity index (χ1v) is 6.43. The van der Waals surface area contributed by atoms with Gasteiger partial charge in [-0.25, -0.2) is 0 Å². The van der Waals surface area contributed by atoms with Crippen molar-refractivity contribution in [2.45, 2.75) is 17.5 Å². The Bertz CT molecular complexity index is 94.7. The lowest BCUT2D eigenvalue weighted by molar-refractivity contribution is -0.0461. The van der Waals surface area contributed by atoms with E-state index in [1.807, 2.05) is 0 Å². The summed E-state index contributed by atoms with van der Waals surface area (Å²) in [4.78, 5) is 0. The van der Waals surface area contributed by atoms with Gasteiger partial charge < -0.3 is 18.9 Å². The van der Waals surface area contributed by atoms with Crippen LogP contribution < -0.4 is 0 Å². The van der Waals surface area contributed by atoms with E-state index in [1.165, 1.54) is 0 Å². The lowest BCUT2D eigenvalue weighted by atomic mass is 11.3. The Kier molecular flexibility index (Phi) is 9.04. The van der Waals surface area contributed by atoms with E-state index < -0.39 is 0 Å². The van der Waals surface area contributed by atoms with E-state index in [-0.39, 0.29) is 11.8 Å². The molecule has 0 aromatic rings. The maximum absolute atomic E-state index is 5.06. The van der Waals surface area contributed by atoms with Crippen molar-refractivity contribution >= 4 is 19.0 Å². The van der Waals surface area contributed by atoms with Crippen LogP contribution in [0, 0.1) is 0 Å². The molecule has 0 bridgehead atoms. The Balaban J connectivity index is 3.41. The monoisotopic (exact) mass is 220 g/mol. The first kappa shape index (κ1) is 13.3. The summed E-state index contributed by atoms with van der Waals surface area (Å²) in [6, 6.07) is 0. The molecule has 0 N–H and O–H groups in total. The normalized spacial score (nSPS) is 11.5. The maximum atomic E-state index is 5.06. The second kappa shape index (κ2) is 8.85. The maximum Gasteiger partial charge on any atom is 0.136 e. The molecule has 0 saturated carbocycles. The van der Waals surface area contributed by atoms with E-state index in [0.717, 1.165) is 5.67 Å². The molecule has 0 unspecified atom stereocenters. The van der Waals surface area contributed by atoms with Crippen LogP contribution in [-0.2, 0) is 18.9 Å². The van der Waals surface area contributed by atoms with Crippen molar-refractivity contribution in [3.63, 3.8) is 0 Å². The smallest absolute Gasteiger partial charge is 0.136 e. The number of hydrogen-bond donors (Lipinski definition) is 0. The van der Waals surface area contributed by atoms with Gasteiger partial charge in [0.2, 0.25) is 0 Å². The topological polar surface area (TPSA) is 36.9 Å². The van der Waals surface area contributed by atoms with Crippen molar-refractivity contribution in [2.75, 3.05) is 28.4 Å². The Morgan fingerprint density at radius 1 is 0.769 bits per heavy atom. The molecule has 6 heteroatoms. The van der Waals surface area contributed by atoms with Crippen LogP contribution >= 0.6 is 0 Å². The molecule has 0 aromatic heterocycles. The quantitative estimate of drug-likeness (QED) is 0.424. The standard InChI is InChI=1S/C7H16O4Si2/c1-8-6(9-2)12-5-13-7(10-3)11-4/h6-7H,5H2,1-4H3. The molecule has 0 rings (SSSR count). The predicted molar refractivity (Wildman–Crippen MR) is 51.9 cm³/mol. The van der Waals surface area contributed by atoms with Crippen molar-refractivity contribution in [3.8, 4) is 0 Å². The van der Waals surface area contributed by atoms with Crippen molar-refractivity contribution in [1.82, 2.24) is 0 Å². The first-order chi connectivity index (χ1) is 6.28. The van der Waals surface area contributed by atoms with Gasteiger partial charge in [0.1, 0.15) is 30.9 Å². The van der Waals surface area contributed by atoms with E-state index >= 15 is 0 Å². The molecule has 4 nitrogen and oxygen atoms in total. The van der Waals surface area contributed by atoms with Crippen molar-refractivity contribution in [2.24, 2.45) is 0 Å². The van der Waals surface area contributed by atoms with E-state index in [9.17, 15) is 0 Å². The summed E-state index contributed by atoms with van der Waals surface area (Å²) in [7, 11) is 7.85. The molecule has 0 saturated heterocycles. The zero-order valence-electron chi connectivity index (χ0n) is 8.49. The first-order valence-electron chi connectivity index (χ1n) is 3.86. The van der Waals surface area contributed by atoms with Crippen LogP contribution in [0.25, 0.3) is 0 Å². The molecule has 0 amide bonds. The van der Waals surface area contributed by atoms with Gasteiger partial charge in [-0.1, -0.05) is 5.67 Å². The van der Waals surface area contributed by atoms with Crippen molar-refractivity contribution in [3.05, 3.63) is 0 Å². The van der Waals surface area contributed by atoms with Gasteiger partial charge in [-0.3, -0.25) is 0 Å². The van der Waals surface area contributed by atoms with Crippen molar-refractivity contribution < 1.29 is 18.9 Å². The lowest BCUT2D eigenvalue weighted by Gasteiger charge is -2.14. The van der Waals surface area contributed by atoms with Crippen LogP contribution in [-0.4, -0.2) is 59.3 Å². The summed E-state index contributed by atoms with van der Waals surface area (Å²) in [5.41, 5.74) is 1.01. The molecule has 0 aliphatic heterocycles. The largest absolute Gasteiger partial charge is 0.360 e. The Hall–Kier alpha value is 0.274. The second-order valence-corrected chi connectivity index (χ2v) is 5.37. The highest BCUT2D eigenvalue weighted by molar-refractivity contribution is 6.56.